The fourth-order valence-electron chi connectivity index (χ4n) is 2.02. The Bertz CT molecular complexity index is 424. The highest BCUT2D eigenvalue weighted by atomic mass is 16.3. The Kier molecular flexibility index (Phi) is 7.09. The third-order valence-corrected chi connectivity index (χ3v) is 3.32. The summed E-state index contributed by atoms with van der Waals surface area (Å²) in [5, 5.41) is 18.7. The summed E-state index contributed by atoms with van der Waals surface area (Å²) in [6.07, 6.45) is 4.38. The zero-order valence-electron chi connectivity index (χ0n) is 12.4. The number of rotatable bonds is 9. The van der Waals surface area contributed by atoms with E-state index in [1.807, 2.05) is 0 Å². The van der Waals surface area contributed by atoms with E-state index in [-0.39, 0.29) is 17.3 Å². The van der Waals surface area contributed by atoms with Crippen LogP contribution in [0.25, 0.3) is 0 Å². The van der Waals surface area contributed by atoms with Gasteiger partial charge in [0, 0.05) is 5.56 Å². The van der Waals surface area contributed by atoms with E-state index in [9.17, 15) is 15.0 Å². The van der Waals surface area contributed by atoms with E-state index in [4.69, 9.17) is 0 Å². The molecule has 4 nitrogen and oxygen atoms in total. The Labute approximate surface area is 121 Å². The quantitative estimate of drug-likeness (QED) is 0.538. The van der Waals surface area contributed by atoms with Gasteiger partial charge in [0.05, 0.1) is 6.54 Å². The van der Waals surface area contributed by atoms with Crippen LogP contribution in [0.5, 0.6) is 11.5 Å². The van der Waals surface area contributed by atoms with Gasteiger partial charge in [0.1, 0.15) is 0 Å². The van der Waals surface area contributed by atoms with Crippen LogP contribution in [0.1, 0.15) is 49.9 Å². The first-order chi connectivity index (χ1) is 9.58. The highest BCUT2D eigenvalue weighted by molar-refractivity contribution is 5.98. The van der Waals surface area contributed by atoms with Crippen molar-refractivity contribution in [2.24, 2.45) is 0 Å². The highest BCUT2D eigenvalue weighted by Gasteiger charge is 2.13. The van der Waals surface area contributed by atoms with Gasteiger partial charge in [0.25, 0.3) is 0 Å². The molecule has 0 fully saturated rings. The second-order valence-corrected chi connectivity index (χ2v) is 5.11. The maximum atomic E-state index is 12.2. The molecular formula is C16H25NO3. The number of ketones is 1. The number of carbonyl (C=O) groups excluding carboxylic acids is 1. The lowest BCUT2D eigenvalue weighted by atomic mass is 10.1. The minimum absolute atomic E-state index is 0.0208. The zero-order chi connectivity index (χ0) is 15.0. The monoisotopic (exact) mass is 279 g/mol. The molecule has 1 rings (SSSR count). The SMILES string of the molecule is CCCCN(CCCC)CC(=O)c1ccc(O)c(O)c1. The van der Waals surface area contributed by atoms with E-state index in [2.05, 4.69) is 18.7 Å². The zero-order valence-corrected chi connectivity index (χ0v) is 12.4. The number of benzene rings is 1. The number of unbranched alkanes of at least 4 members (excludes halogenated alkanes) is 2. The standard InChI is InChI=1S/C16H25NO3/c1-3-5-9-17(10-6-4-2)12-16(20)13-7-8-14(18)15(19)11-13/h7-8,11,18-19H,3-6,9-10,12H2,1-2H3. The molecule has 0 bridgehead atoms. The summed E-state index contributed by atoms with van der Waals surface area (Å²) >= 11 is 0. The van der Waals surface area contributed by atoms with Crippen molar-refractivity contribution in [1.29, 1.82) is 0 Å². The van der Waals surface area contributed by atoms with Crippen molar-refractivity contribution in [3.05, 3.63) is 23.8 Å². The van der Waals surface area contributed by atoms with Crippen LogP contribution in [0.15, 0.2) is 18.2 Å². The molecule has 2 N–H and O–H groups in total. The van der Waals surface area contributed by atoms with Crippen LogP contribution >= 0.6 is 0 Å². The molecule has 0 saturated carbocycles. The second kappa shape index (κ2) is 8.59. The molecule has 0 aliphatic heterocycles. The molecular weight excluding hydrogens is 254 g/mol. The average Bonchev–Trinajstić information content (AvgIpc) is 2.44. The van der Waals surface area contributed by atoms with Gasteiger partial charge in [0.2, 0.25) is 0 Å². The van der Waals surface area contributed by atoms with Crippen molar-refractivity contribution in [2.75, 3.05) is 19.6 Å². The number of nitrogens with zero attached hydrogens (tertiary/aromatic N) is 1. The molecule has 0 atom stereocenters. The van der Waals surface area contributed by atoms with Crippen molar-refractivity contribution in [2.45, 2.75) is 39.5 Å². The maximum absolute atomic E-state index is 12.2. The number of Topliss-reactive ketones (excluding diaryl/α,β-unsaturated/α-hetero) is 1. The first kappa shape index (κ1) is 16.5. The lowest BCUT2D eigenvalue weighted by Gasteiger charge is -2.21. The van der Waals surface area contributed by atoms with E-state index in [0.29, 0.717) is 12.1 Å². The van der Waals surface area contributed by atoms with Crippen LogP contribution < -0.4 is 0 Å². The van der Waals surface area contributed by atoms with Crippen LogP contribution in [-0.2, 0) is 0 Å². The van der Waals surface area contributed by atoms with Crippen molar-refractivity contribution >= 4 is 5.78 Å². The van der Waals surface area contributed by atoms with Crippen molar-refractivity contribution in [1.82, 2.24) is 4.90 Å². The van der Waals surface area contributed by atoms with Crippen LogP contribution in [0.4, 0.5) is 0 Å². The van der Waals surface area contributed by atoms with Crippen molar-refractivity contribution in [3.8, 4) is 11.5 Å². The van der Waals surface area contributed by atoms with Crippen molar-refractivity contribution in [3.63, 3.8) is 0 Å². The van der Waals surface area contributed by atoms with Crippen LogP contribution in [0, 0.1) is 0 Å². The Morgan fingerprint density at radius 2 is 1.65 bits per heavy atom. The Morgan fingerprint density at radius 1 is 1.05 bits per heavy atom. The predicted octanol–water partition coefficient (Wildman–Crippen LogP) is 3.18. The second-order valence-electron chi connectivity index (χ2n) is 5.11. The van der Waals surface area contributed by atoms with Gasteiger partial charge in [-0.25, -0.2) is 0 Å². The first-order valence-electron chi connectivity index (χ1n) is 7.36. The Balaban J connectivity index is 2.65. The molecule has 1 aromatic rings. The molecule has 0 spiro atoms. The van der Waals surface area contributed by atoms with E-state index < -0.39 is 0 Å². The third kappa shape index (κ3) is 5.21. The molecule has 1 aromatic carbocycles. The van der Waals surface area contributed by atoms with Crippen molar-refractivity contribution < 1.29 is 15.0 Å². The minimum atomic E-state index is -0.246. The van der Waals surface area contributed by atoms with Gasteiger partial charge in [-0.1, -0.05) is 26.7 Å². The highest BCUT2D eigenvalue weighted by Crippen LogP contribution is 2.25. The molecule has 0 aromatic heterocycles. The molecule has 20 heavy (non-hydrogen) atoms. The molecule has 0 aliphatic rings. The van der Waals surface area contributed by atoms with E-state index in [1.54, 1.807) is 6.07 Å². The first-order valence-corrected chi connectivity index (χ1v) is 7.36. The topological polar surface area (TPSA) is 60.8 Å². The fraction of sp³-hybridized carbons (Fsp3) is 0.562. The smallest absolute Gasteiger partial charge is 0.176 e. The van der Waals surface area contributed by atoms with E-state index >= 15 is 0 Å². The summed E-state index contributed by atoms with van der Waals surface area (Å²) in [5.41, 5.74) is 0.443. The van der Waals surface area contributed by atoms with Gasteiger partial charge >= 0.3 is 0 Å². The van der Waals surface area contributed by atoms with Crippen LogP contribution in [0.2, 0.25) is 0 Å². The fourth-order valence-corrected chi connectivity index (χ4v) is 2.02. The molecule has 0 aliphatic carbocycles. The van der Waals surface area contributed by atoms with Gasteiger partial charge in [-0.3, -0.25) is 9.69 Å². The van der Waals surface area contributed by atoms with Gasteiger partial charge in [0.15, 0.2) is 17.3 Å². The van der Waals surface area contributed by atoms with E-state index in [1.165, 1.54) is 12.1 Å². The normalized spacial score (nSPS) is 10.9. The Morgan fingerprint density at radius 3 is 2.15 bits per heavy atom. The van der Waals surface area contributed by atoms with Gasteiger partial charge in [-0.2, -0.15) is 0 Å². The molecule has 0 heterocycles. The average molecular weight is 279 g/mol. The maximum Gasteiger partial charge on any atom is 0.176 e. The van der Waals surface area contributed by atoms with Gasteiger partial charge in [-0.05, 0) is 44.1 Å². The molecule has 112 valence electrons. The predicted molar refractivity (Wildman–Crippen MR) is 80.4 cm³/mol. The summed E-state index contributed by atoms with van der Waals surface area (Å²) in [6.45, 7) is 6.48. The largest absolute Gasteiger partial charge is 0.504 e. The number of hydrogen-bond acceptors (Lipinski definition) is 4. The number of carbonyl (C=O) groups is 1. The Hall–Kier alpha value is -1.55. The lowest BCUT2D eigenvalue weighted by molar-refractivity contribution is 0.0928. The summed E-state index contributed by atoms with van der Waals surface area (Å²) in [4.78, 5) is 14.4. The summed E-state index contributed by atoms with van der Waals surface area (Å²) in [6, 6.07) is 4.23. The molecule has 0 unspecified atom stereocenters. The minimum Gasteiger partial charge on any atom is -0.504 e. The van der Waals surface area contributed by atoms with Crippen LogP contribution in [-0.4, -0.2) is 40.5 Å². The molecule has 0 saturated heterocycles. The number of aromatic hydroxyl groups is 2. The third-order valence-electron chi connectivity index (χ3n) is 3.32. The number of phenolic OH excluding ortho intramolecular Hbond substituents is 2. The molecule has 0 amide bonds. The van der Waals surface area contributed by atoms with Gasteiger partial charge in [-0.15, -0.1) is 0 Å². The molecule has 0 radical (unpaired) electrons. The van der Waals surface area contributed by atoms with Crippen LogP contribution in [0.3, 0.4) is 0 Å². The number of phenols is 2. The van der Waals surface area contributed by atoms with E-state index in [0.717, 1.165) is 38.8 Å². The molecule has 4 heteroatoms. The van der Waals surface area contributed by atoms with Gasteiger partial charge < -0.3 is 10.2 Å². The lowest BCUT2D eigenvalue weighted by Crippen LogP contribution is -2.31. The summed E-state index contributed by atoms with van der Waals surface area (Å²) in [7, 11) is 0. The summed E-state index contributed by atoms with van der Waals surface area (Å²) in [5.74, 6) is -0.465. The summed E-state index contributed by atoms with van der Waals surface area (Å²) < 4.78 is 0. The number of hydrogen-bond donors (Lipinski definition) is 2.